The van der Waals surface area contributed by atoms with E-state index in [1.54, 1.807) is 6.33 Å². The van der Waals surface area contributed by atoms with Crippen LogP contribution in [0.3, 0.4) is 0 Å². The third kappa shape index (κ3) is 1.41. The van der Waals surface area contributed by atoms with Gasteiger partial charge >= 0.3 is 0 Å². The van der Waals surface area contributed by atoms with Crippen LogP contribution in [0.1, 0.15) is 38.6 Å². The van der Waals surface area contributed by atoms with E-state index in [4.69, 9.17) is 0 Å². The second-order valence-corrected chi connectivity index (χ2v) is 4.64. The Morgan fingerprint density at radius 2 is 2.15 bits per heavy atom. The van der Waals surface area contributed by atoms with Crippen molar-refractivity contribution in [3.63, 3.8) is 0 Å². The van der Waals surface area contributed by atoms with Crippen molar-refractivity contribution in [1.29, 1.82) is 0 Å². The number of fused-ring (bicyclic) bond motifs is 1. The van der Waals surface area contributed by atoms with Gasteiger partial charge in [-0.1, -0.05) is 26.8 Å². The fraction of sp³-hybridized carbons (Fsp3) is 0.545. The summed E-state index contributed by atoms with van der Waals surface area (Å²) in [4.78, 5) is 7.59. The van der Waals surface area contributed by atoms with Crippen LogP contribution in [-0.4, -0.2) is 9.97 Å². The Balaban J connectivity index is 2.47. The van der Waals surface area contributed by atoms with Gasteiger partial charge in [0.2, 0.25) is 0 Å². The first-order valence-electron chi connectivity index (χ1n) is 4.82. The summed E-state index contributed by atoms with van der Waals surface area (Å²) in [6, 6.07) is 0. The molecule has 1 aromatic rings. The summed E-state index contributed by atoms with van der Waals surface area (Å²) < 4.78 is 0. The van der Waals surface area contributed by atoms with Crippen LogP contribution in [0.25, 0.3) is 5.57 Å². The molecule has 0 aromatic carbocycles. The van der Waals surface area contributed by atoms with Gasteiger partial charge in [0.25, 0.3) is 0 Å². The maximum Gasteiger partial charge on any atom is 0.0929 e. The molecule has 0 spiro atoms. The Labute approximate surface area is 79.1 Å². The SMILES string of the molecule is CC(C)(C)C1=CCCc2[nH]cnc21. The standard InChI is InChI=1S/C11H16N2/c1-11(2,3)8-5-4-6-9-10(8)13-7-12-9/h5,7H,4,6H2,1-3H3,(H,12,13). The van der Waals surface area contributed by atoms with Gasteiger partial charge in [-0.3, -0.25) is 0 Å². The first-order valence-corrected chi connectivity index (χ1v) is 4.82. The molecule has 2 heteroatoms. The zero-order chi connectivity index (χ0) is 9.47. The Morgan fingerprint density at radius 3 is 2.85 bits per heavy atom. The van der Waals surface area contributed by atoms with Crippen molar-refractivity contribution < 1.29 is 0 Å². The summed E-state index contributed by atoms with van der Waals surface area (Å²) >= 11 is 0. The smallest absolute Gasteiger partial charge is 0.0929 e. The predicted molar refractivity (Wildman–Crippen MR) is 54.3 cm³/mol. The number of rotatable bonds is 0. The van der Waals surface area contributed by atoms with E-state index in [-0.39, 0.29) is 5.41 Å². The van der Waals surface area contributed by atoms with Gasteiger partial charge in [0.05, 0.1) is 12.0 Å². The molecule has 0 saturated heterocycles. The molecule has 1 heterocycles. The Hall–Kier alpha value is -1.05. The number of H-pyrrole nitrogens is 1. The maximum atomic E-state index is 4.38. The highest BCUT2D eigenvalue weighted by molar-refractivity contribution is 5.69. The van der Waals surface area contributed by atoms with Crippen LogP contribution in [-0.2, 0) is 6.42 Å². The number of imidazole rings is 1. The number of hydrogen-bond donors (Lipinski definition) is 1. The molecule has 1 aliphatic carbocycles. The van der Waals surface area contributed by atoms with Gasteiger partial charge in [-0.05, 0) is 23.8 Å². The highest BCUT2D eigenvalue weighted by Crippen LogP contribution is 2.37. The summed E-state index contributed by atoms with van der Waals surface area (Å²) in [6.07, 6.45) is 6.37. The third-order valence-electron chi connectivity index (χ3n) is 2.52. The largest absolute Gasteiger partial charge is 0.348 e. The van der Waals surface area contributed by atoms with E-state index in [9.17, 15) is 0 Å². The number of allylic oxidation sites excluding steroid dienone is 2. The minimum atomic E-state index is 0.213. The lowest BCUT2D eigenvalue weighted by atomic mass is 9.81. The van der Waals surface area contributed by atoms with Gasteiger partial charge in [0.15, 0.2) is 0 Å². The molecule has 0 atom stereocenters. The van der Waals surface area contributed by atoms with E-state index in [1.165, 1.54) is 17.0 Å². The molecular formula is C11H16N2. The van der Waals surface area contributed by atoms with Crippen molar-refractivity contribution in [1.82, 2.24) is 9.97 Å². The summed E-state index contributed by atoms with van der Waals surface area (Å²) in [6.45, 7) is 6.72. The maximum absolute atomic E-state index is 4.38. The topological polar surface area (TPSA) is 28.7 Å². The first-order chi connectivity index (χ1) is 6.09. The number of nitrogens with one attached hydrogen (secondary N) is 1. The Kier molecular flexibility index (Phi) is 1.79. The summed E-state index contributed by atoms with van der Waals surface area (Å²) in [7, 11) is 0. The number of aryl methyl sites for hydroxylation is 1. The van der Waals surface area contributed by atoms with Crippen molar-refractivity contribution in [2.24, 2.45) is 5.41 Å². The Morgan fingerprint density at radius 1 is 1.38 bits per heavy atom. The van der Waals surface area contributed by atoms with E-state index < -0.39 is 0 Å². The van der Waals surface area contributed by atoms with E-state index >= 15 is 0 Å². The van der Waals surface area contributed by atoms with Crippen LogP contribution in [0.2, 0.25) is 0 Å². The van der Waals surface area contributed by atoms with Crippen molar-refractivity contribution in [3.8, 4) is 0 Å². The summed E-state index contributed by atoms with van der Waals surface area (Å²) in [5, 5.41) is 0. The molecular weight excluding hydrogens is 160 g/mol. The lowest BCUT2D eigenvalue weighted by molar-refractivity contribution is 0.559. The second-order valence-electron chi connectivity index (χ2n) is 4.64. The van der Waals surface area contributed by atoms with E-state index in [0.29, 0.717) is 0 Å². The van der Waals surface area contributed by atoms with Crippen molar-refractivity contribution in [2.75, 3.05) is 0 Å². The molecule has 1 N–H and O–H groups in total. The molecule has 0 unspecified atom stereocenters. The Bertz CT molecular complexity index is 339. The van der Waals surface area contributed by atoms with Gasteiger partial charge in [-0.2, -0.15) is 0 Å². The zero-order valence-corrected chi connectivity index (χ0v) is 8.52. The number of aromatic amines is 1. The molecule has 1 aromatic heterocycles. The monoisotopic (exact) mass is 176 g/mol. The second kappa shape index (κ2) is 2.72. The molecule has 0 amide bonds. The molecule has 0 fully saturated rings. The first kappa shape index (κ1) is 8.54. The van der Waals surface area contributed by atoms with Crippen LogP contribution in [0.4, 0.5) is 0 Å². The molecule has 0 aliphatic heterocycles. The molecule has 2 nitrogen and oxygen atoms in total. The van der Waals surface area contributed by atoms with Crippen molar-refractivity contribution >= 4 is 5.57 Å². The van der Waals surface area contributed by atoms with Crippen LogP contribution in [0.15, 0.2) is 12.4 Å². The average Bonchev–Trinajstić information content (AvgIpc) is 2.48. The zero-order valence-electron chi connectivity index (χ0n) is 8.52. The fourth-order valence-electron chi connectivity index (χ4n) is 1.86. The van der Waals surface area contributed by atoms with Crippen molar-refractivity contribution in [3.05, 3.63) is 23.8 Å². The quantitative estimate of drug-likeness (QED) is 0.647. The number of hydrogen-bond acceptors (Lipinski definition) is 1. The number of nitrogens with zero attached hydrogens (tertiary/aromatic N) is 1. The predicted octanol–water partition coefficient (Wildman–Crippen LogP) is 2.79. The molecule has 0 saturated carbocycles. The van der Waals surface area contributed by atoms with Crippen LogP contribution in [0.5, 0.6) is 0 Å². The third-order valence-corrected chi connectivity index (χ3v) is 2.52. The van der Waals surface area contributed by atoms with Crippen LogP contribution < -0.4 is 0 Å². The molecule has 0 radical (unpaired) electrons. The molecule has 13 heavy (non-hydrogen) atoms. The van der Waals surface area contributed by atoms with E-state index in [0.717, 1.165) is 12.8 Å². The van der Waals surface area contributed by atoms with Crippen LogP contribution >= 0.6 is 0 Å². The molecule has 1 aliphatic rings. The molecule has 70 valence electrons. The van der Waals surface area contributed by atoms with Crippen LogP contribution in [0, 0.1) is 5.41 Å². The van der Waals surface area contributed by atoms with E-state index in [2.05, 4.69) is 36.8 Å². The highest BCUT2D eigenvalue weighted by Gasteiger charge is 2.24. The van der Waals surface area contributed by atoms with Gasteiger partial charge < -0.3 is 4.98 Å². The van der Waals surface area contributed by atoms with Gasteiger partial charge in [-0.15, -0.1) is 0 Å². The lowest BCUT2D eigenvalue weighted by Crippen LogP contribution is -2.13. The number of aromatic nitrogens is 2. The molecule has 2 rings (SSSR count). The van der Waals surface area contributed by atoms with Gasteiger partial charge in [-0.25, -0.2) is 4.98 Å². The van der Waals surface area contributed by atoms with Gasteiger partial charge in [0.1, 0.15) is 0 Å². The van der Waals surface area contributed by atoms with Gasteiger partial charge in [0, 0.05) is 5.69 Å². The molecule has 0 bridgehead atoms. The highest BCUT2D eigenvalue weighted by atomic mass is 14.9. The van der Waals surface area contributed by atoms with E-state index in [1.807, 2.05) is 0 Å². The minimum Gasteiger partial charge on any atom is -0.348 e. The normalized spacial score (nSPS) is 16.7. The minimum absolute atomic E-state index is 0.213. The average molecular weight is 176 g/mol. The lowest BCUT2D eigenvalue weighted by Gasteiger charge is -2.25. The fourth-order valence-corrected chi connectivity index (χ4v) is 1.86. The van der Waals surface area contributed by atoms with Crippen molar-refractivity contribution in [2.45, 2.75) is 33.6 Å². The summed E-state index contributed by atoms with van der Waals surface area (Å²) in [5.74, 6) is 0. The summed E-state index contributed by atoms with van der Waals surface area (Å²) in [5.41, 5.74) is 4.07.